The fraction of sp³-hybridized carbons (Fsp3) is 0.643. The molecular weight excluding hydrogens is 270 g/mol. The van der Waals surface area contributed by atoms with Crippen molar-refractivity contribution in [3.05, 3.63) is 11.9 Å². The van der Waals surface area contributed by atoms with Crippen LogP contribution in [-0.4, -0.2) is 53.7 Å². The number of carbonyl (C=O) groups excluding carboxylic acids is 1. The first-order valence-corrected chi connectivity index (χ1v) is 7.34. The van der Waals surface area contributed by atoms with Gasteiger partial charge < -0.3 is 20.3 Å². The molecule has 1 fully saturated rings. The zero-order valence-corrected chi connectivity index (χ0v) is 12.8. The Hall–Kier alpha value is -2.05. The van der Waals surface area contributed by atoms with Gasteiger partial charge in [0.1, 0.15) is 17.5 Å². The molecule has 0 spiro atoms. The molecule has 0 aromatic carbocycles. The van der Waals surface area contributed by atoms with Gasteiger partial charge in [0, 0.05) is 32.2 Å². The van der Waals surface area contributed by atoms with Crippen molar-refractivity contribution in [3.8, 4) is 0 Å². The third kappa shape index (κ3) is 4.21. The molecule has 1 aliphatic heterocycles. The number of hydrogen-bond acceptors (Lipinski definition) is 6. The van der Waals surface area contributed by atoms with Gasteiger partial charge in [-0.25, -0.2) is 14.8 Å². The molecule has 1 aromatic rings. The highest BCUT2D eigenvalue weighted by Gasteiger charge is 2.23. The molecule has 0 aliphatic carbocycles. The summed E-state index contributed by atoms with van der Waals surface area (Å²) in [4.78, 5) is 22.1. The summed E-state index contributed by atoms with van der Waals surface area (Å²) in [5, 5.41) is 6.44. The van der Waals surface area contributed by atoms with Crippen LogP contribution in [0.2, 0.25) is 0 Å². The van der Waals surface area contributed by atoms with E-state index < -0.39 is 0 Å². The lowest BCUT2D eigenvalue weighted by Gasteiger charge is -2.31. The molecule has 1 aromatic heterocycles. The van der Waals surface area contributed by atoms with E-state index in [0.29, 0.717) is 25.7 Å². The molecule has 21 heavy (non-hydrogen) atoms. The van der Waals surface area contributed by atoms with Crippen molar-refractivity contribution >= 4 is 17.7 Å². The maximum absolute atomic E-state index is 11.6. The largest absolute Gasteiger partial charge is 0.450 e. The predicted molar refractivity (Wildman–Crippen MR) is 81.6 cm³/mol. The molecule has 7 nitrogen and oxygen atoms in total. The van der Waals surface area contributed by atoms with E-state index in [1.165, 1.54) is 0 Å². The molecule has 0 bridgehead atoms. The first kappa shape index (κ1) is 15.3. The van der Waals surface area contributed by atoms with Gasteiger partial charge in [0.05, 0.1) is 6.61 Å². The minimum atomic E-state index is -0.216. The van der Waals surface area contributed by atoms with Gasteiger partial charge in [-0.15, -0.1) is 0 Å². The Bertz CT molecular complexity index is 486. The molecule has 2 rings (SSSR count). The van der Waals surface area contributed by atoms with Gasteiger partial charge in [0.2, 0.25) is 0 Å². The van der Waals surface area contributed by atoms with Crippen molar-refractivity contribution in [1.82, 2.24) is 14.9 Å². The number of aromatic nitrogens is 2. The van der Waals surface area contributed by atoms with E-state index in [9.17, 15) is 4.79 Å². The summed E-state index contributed by atoms with van der Waals surface area (Å²) >= 11 is 0. The van der Waals surface area contributed by atoms with Crippen molar-refractivity contribution in [1.29, 1.82) is 0 Å². The van der Waals surface area contributed by atoms with Crippen molar-refractivity contribution in [2.24, 2.45) is 0 Å². The topological polar surface area (TPSA) is 79.4 Å². The second-order valence-corrected chi connectivity index (χ2v) is 5.04. The summed E-state index contributed by atoms with van der Waals surface area (Å²) in [6.07, 6.45) is 1.55. The van der Waals surface area contributed by atoms with Gasteiger partial charge in [-0.05, 0) is 26.7 Å². The number of piperidine rings is 1. The molecule has 1 saturated heterocycles. The van der Waals surface area contributed by atoms with Crippen molar-refractivity contribution in [3.63, 3.8) is 0 Å². The average molecular weight is 293 g/mol. The normalized spacial score (nSPS) is 15.7. The van der Waals surface area contributed by atoms with E-state index in [1.807, 2.05) is 27.0 Å². The number of nitrogens with one attached hydrogen (secondary N) is 2. The number of anilines is 2. The van der Waals surface area contributed by atoms with E-state index in [-0.39, 0.29) is 6.09 Å². The summed E-state index contributed by atoms with van der Waals surface area (Å²) < 4.78 is 5.02. The summed E-state index contributed by atoms with van der Waals surface area (Å²) in [5.41, 5.74) is 0. The molecular formula is C14H23N5O2. The molecule has 0 atom stereocenters. The molecule has 0 unspecified atom stereocenters. The van der Waals surface area contributed by atoms with Crippen molar-refractivity contribution < 1.29 is 9.53 Å². The Morgan fingerprint density at radius 2 is 2.05 bits per heavy atom. The number of nitrogens with zero attached hydrogens (tertiary/aromatic N) is 3. The quantitative estimate of drug-likeness (QED) is 0.882. The highest BCUT2D eigenvalue weighted by molar-refractivity contribution is 5.67. The van der Waals surface area contributed by atoms with E-state index in [2.05, 4.69) is 20.6 Å². The second kappa shape index (κ2) is 7.10. The number of carbonyl (C=O) groups is 1. The minimum Gasteiger partial charge on any atom is -0.450 e. The Morgan fingerprint density at radius 1 is 1.38 bits per heavy atom. The molecule has 2 N–H and O–H groups in total. The van der Waals surface area contributed by atoms with Crippen LogP contribution >= 0.6 is 0 Å². The van der Waals surface area contributed by atoms with Gasteiger partial charge in [-0.1, -0.05) is 0 Å². The van der Waals surface area contributed by atoms with Gasteiger partial charge >= 0.3 is 6.09 Å². The molecule has 7 heteroatoms. The van der Waals surface area contributed by atoms with Crippen LogP contribution in [0, 0.1) is 6.92 Å². The van der Waals surface area contributed by atoms with Crippen LogP contribution in [-0.2, 0) is 4.74 Å². The van der Waals surface area contributed by atoms with Crippen LogP contribution in [0.1, 0.15) is 25.6 Å². The standard InChI is InChI=1S/C14H23N5O2/c1-4-21-14(20)19-7-5-11(6-8-19)18-13-9-12(15-3)16-10(2)17-13/h9,11H,4-8H2,1-3H3,(H2,15,16,17,18). The third-order valence-electron chi connectivity index (χ3n) is 3.47. The van der Waals surface area contributed by atoms with E-state index >= 15 is 0 Å². The maximum atomic E-state index is 11.6. The highest BCUT2D eigenvalue weighted by atomic mass is 16.6. The van der Waals surface area contributed by atoms with Crippen LogP contribution in [0.4, 0.5) is 16.4 Å². The summed E-state index contributed by atoms with van der Waals surface area (Å²) in [6.45, 7) is 5.53. The molecule has 0 radical (unpaired) electrons. The SMILES string of the molecule is CCOC(=O)N1CCC(Nc2cc(NC)nc(C)n2)CC1. The van der Waals surface area contributed by atoms with Gasteiger partial charge in [0.15, 0.2) is 0 Å². The predicted octanol–water partition coefficient (Wildman–Crippen LogP) is 1.86. The average Bonchev–Trinajstić information content (AvgIpc) is 2.47. The number of likely N-dealkylation sites (tertiary alicyclic amines) is 1. The fourth-order valence-electron chi connectivity index (χ4n) is 2.40. The summed E-state index contributed by atoms with van der Waals surface area (Å²) in [7, 11) is 1.84. The van der Waals surface area contributed by atoms with Crippen LogP contribution in [0.5, 0.6) is 0 Å². The van der Waals surface area contributed by atoms with E-state index in [1.54, 1.807) is 4.90 Å². The fourth-order valence-corrected chi connectivity index (χ4v) is 2.40. The van der Waals surface area contributed by atoms with Gasteiger partial charge in [-0.2, -0.15) is 0 Å². The number of rotatable bonds is 4. The zero-order valence-electron chi connectivity index (χ0n) is 12.8. The van der Waals surface area contributed by atoms with Crippen LogP contribution in [0.3, 0.4) is 0 Å². The van der Waals surface area contributed by atoms with E-state index in [4.69, 9.17) is 4.74 Å². The molecule has 1 amide bonds. The van der Waals surface area contributed by atoms with Gasteiger partial charge in [-0.3, -0.25) is 0 Å². The molecule has 2 heterocycles. The summed E-state index contributed by atoms with van der Waals surface area (Å²) in [5.74, 6) is 2.35. The number of amides is 1. The Labute approximate surface area is 125 Å². The van der Waals surface area contributed by atoms with Crippen LogP contribution < -0.4 is 10.6 Å². The number of hydrogen-bond donors (Lipinski definition) is 2. The van der Waals surface area contributed by atoms with E-state index in [0.717, 1.165) is 30.3 Å². The zero-order chi connectivity index (χ0) is 15.2. The van der Waals surface area contributed by atoms with Crippen LogP contribution in [0.15, 0.2) is 6.07 Å². The lowest BCUT2D eigenvalue weighted by atomic mass is 10.1. The van der Waals surface area contributed by atoms with Gasteiger partial charge in [0.25, 0.3) is 0 Å². The number of aryl methyl sites for hydroxylation is 1. The highest BCUT2D eigenvalue weighted by Crippen LogP contribution is 2.17. The lowest BCUT2D eigenvalue weighted by Crippen LogP contribution is -2.42. The third-order valence-corrected chi connectivity index (χ3v) is 3.47. The second-order valence-electron chi connectivity index (χ2n) is 5.04. The maximum Gasteiger partial charge on any atom is 0.409 e. The van der Waals surface area contributed by atoms with Crippen molar-refractivity contribution in [2.75, 3.05) is 37.4 Å². The molecule has 0 saturated carbocycles. The smallest absolute Gasteiger partial charge is 0.409 e. The lowest BCUT2D eigenvalue weighted by molar-refractivity contribution is 0.0983. The first-order valence-electron chi connectivity index (χ1n) is 7.34. The Kier molecular flexibility index (Phi) is 5.19. The Morgan fingerprint density at radius 3 is 2.67 bits per heavy atom. The summed E-state index contributed by atoms with van der Waals surface area (Å²) in [6, 6.07) is 2.21. The molecule has 1 aliphatic rings. The molecule has 116 valence electrons. The van der Waals surface area contributed by atoms with Crippen molar-refractivity contribution in [2.45, 2.75) is 32.7 Å². The first-order chi connectivity index (χ1) is 10.1. The number of ether oxygens (including phenoxy) is 1. The Balaban J connectivity index is 1.89. The van der Waals surface area contributed by atoms with Crippen LogP contribution in [0.25, 0.3) is 0 Å². The monoisotopic (exact) mass is 293 g/mol. The minimum absolute atomic E-state index is 0.216.